The maximum atomic E-state index is 11.7. The molecule has 0 amide bonds. The van der Waals surface area contributed by atoms with Gasteiger partial charge in [-0.3, -0.25) is 14.5 Å². The molecule has 0 aromatic carbocycles. The number of esters is 2. The molecule has 0 aromatic rings. The van der Waals surface area contributed by atoms with E-state index in [1.807, 2.05) is 0 Å². The van der Waals surface area contributed by atoms with Crippen LogP contribution < -0.4 is 0 Å². The molecule has 208 valence electrons. The molecule has 2 unspecified atom stereocenters. The van der Waals surface area contributed by atoms with E-state index < -0.39 is 0 Å². The fourth-order valence-corrected chi connectivity index (χ4v) is 4.26. The van der Waals surface area contributed by atoms with E-state index in [4.69, 9.17) is 9.47 Å². The van der Waals surface area contributed by atoms with Crippen LogP contribution >= 0.6 is 31.9 Å². The van der Waals surface area contributed by atoms with Crippen molar-refractivity contribution in [2.75, 3.05) is 32.8 Å². The summed E-state index contributed by atoms with van der Waals surface area (Å²) in [6.45, 7) is 8.76. The van der Waals surface area contributed by atoms with E-state index in [1.165, 1.54) is 96.3 Å². The van der Waals surface area contributed by atoms with Crippen molar-refractivity contribution in [3.63, 3.8) is 0 Å². The van der Waals surface area contributed by atoms with Crippen molar-refractivity contribution in [2.24, 2.45) is 0 Å². The minimum atomic E-state index is -0.294. The summed E-state index contributed by atoms with van der Waals surface area (Å²) in [7, 11) is 0. The van der Waals surface area contributed by atoms with Gasteiger partial charge in [-0.1, -0.05) is 135 Å². The summed E-state index contributed by atoms with van der Waals surface area (Å²) >= 11 is 6.47. The van der Waals surface area contributed by atoms with Gasteiger partial charge in [0.05, 0.1) is 0 Å². The van der Waals surface area contributed by atoms with Crippen LogP contribution in [0, 0.1) is 0 Å². The topological polar surface area (TPSA) is 55.8 Å². The highest BCUT2D eigenvalue weighted by molar-refractivity contribution is 9.10. The lowest BCUT2D eigenvalue weighted by molar-refractivity contribution is -0.143. The van der Waals surface area contributed by atoms with E-state index in [9.17, 15) is 9.59 Å². The number of rotatable bonds is 25. The molecule has 0 saturated carbocycles. The molecule has 0 bridgehead atoms. The Labute approximate surface area is 233 Å². The number of unbranched alkanes of at least 4 members (excludes halogenated alkanes) is 15. The average molecular weight is 628 g/mol. The molecule has 0 rings (SSSR count). The molecule has 7 heteroatoms. The van der Waals surface area contributed by atoms with Gasteiger partial charge in [0.25, 0.3) is 0 Å². The van der Waals surface area contributed by atoms with E-state index in [0.29, 0.717) is 26.3 Å². The number of ether oxygens (including phenoxy) is 2. The molecule has 35 heavy (non-hydrogen) atoms. The smallest absolute Gasteiger partial charge is 0.319 e. The summed E-state index contributed by atoms with van der Waals surface area (Å²) in [5, 5.41) is 0. The number of nitrogens with zero attached hydrogens (tertiary/aromatic N) is 1. The van der Waals surface area contributed by atoms with Crippen molar-refractivity contribution in [3.05, 3.63) is 0 Å². The van der Waals surface area contributed by atoms with E-state index in [2.05, 4.69) is 43.7 Å². The van der Waals surface area contributed by atoms with Gasteiger partial charge in [0.2, 0.25) is 0 Å². The van der Waals surface area contributed by atoms with Gasteiger partial charge in [0.15, 0.2) is 0 Å². The molecule has 5 nitrogen and oxygen atoms in total. The molecule has 0 spiro atoms. The van der Waals surface area contributed by atoms with Crippen molar-refractivity contribution in [3.8, 4) is 0 Å². The summed E-state index contributed by atoms with van der Waals surface area (Å²) in [6.07, 6.45) is 21.7. The van der Waals surface area contributed by atoms with E-state index >= 15 is 0 Å². The maximum absolute atomic E-state index is 11.7. The molecular weight excluding hydrogens is 574 g/mol. The Kier molecular flexibility index (Phi) is 25.4. The predicted molar refractivity (Wildman–Crippen MR) is 155 cm³/mol. The monoisotopic (exact) mass is 625 g/mol. The molecule has 0 fully saturated rings. The lowest BCUT2D eigenvalue weighted by Crippen LogP contribution is -2.34. The van der Waals surface area contributed by atoms with Crippen molar-refractivity contribution in [1.82, 2.24) is 4.90 Å². The molecule has 0 aliphatic rings. The molecule has 0 saturated heterocycles. The van der Waals surface area contributed by atoms with Gasteiger partial charge in [-0.2, -0.15) is 0 Å². The van der Waals surface area contributed by atoms with Gasteiger partial charge in [-0.05, 0) is 26.8 Å². The van der Waals surface area contributed by atoms with Crippen LogP contribution in [-0.2, 0) is 19.1 Å². The standard InChI is InChI=1S/C28H53Br2NO4/c1-4-5-6-7-8-9-10-11-12-13-14-15-16-17-18-19-20-31(21-23-34-27(32)25(2)29)22-24-35-28(33)26(3)30/h25-26H,4-24H2,1-3H3. The highest BCUT2D eigenvalue weighted by atomic mass is 79.9. The number of carbonyl (C=O) groups excluding carboxylic acids is 2. The Morgan fingerprint density at radius 3 is 1.20 bits per heavy atom. The van der Waals surface area contributed by atoms with Crippen LogP contribution in [-0.4, -0.2) is 59.3 Å². The first-order chi connectivity index (χ1) is 16.9. The molecule has 0 radical (unpaired) electrons. The lowest BCUT2D eigenvalue weighted by Gasteiger charge is -2.22. The molecule has 0 aliphatic carbocycles. The minimum Gasteiger partial charge on any atom is -0.463 e. The second-order valence-electron chi connectivity index (χ2n) is 9.71. The zero-order chi connectivity index (χ0) is 26.2. The van der Waals surface area contributed by atoms with Crippen molar-refractivity contribution < 1.29 is 19.1 Å². The van der Waals surface area contributed by atoms with Gasteiger partial charge in [0, 0.05) is 13.1 Å². The minimum absolute atomic E-state index is 0.244. The third kappa shape index (κ3) is 24.0. The van der Waals surface area contributed by atoms with Crippen molar-refractivity contribution >= 4 is 43.8 Å². The number of hydrogen-bond donors (Lipinski definition) is 0. The molecule has 0 aromatic heterocycles. The van der Waals surface area contributed by atoms with E-state index in [0.717, 1.165) is 13.0 Å². The first-order valence-corrected chi connectivity index (χ1v) is 16.0. The lowest BCUT2D eigenvalue weighted by atomic mass is 10.0. The summed E-state index contributed by atoms with van der Waals surface area (Å²) in [5.74, 6) is -0.487. The fraction of sp³-hybridized carbons (Fsp3) is 0.929. The second kappa shape index (κ2) is 25.5. The zero-order valence-corrected chi connectivity index (χ0v) is 26.0. The Bertz CT molecular complexity index is 477. The van der Waals surface area contributed by atoms with Crippen LogP contribution in [0.4, 0.5) is 0 Å². The molecule has 0 N–H and O–H groups in total. The molecule has 2 atom stereocenters. The van der Waals surface area contributed by atoms with E-state index in [-0.39, 0.29) is 21.6 Å². The molecular formula is C28H53Br2NO4. The first-order valence-electron chi connectivity index (χ1n) is 14.2. The quantitative estimate of drug-likeness (QED) is 0.0581. The van der Waals surface area contributed by atoms with Crippen molar-refractivity contribution in [2.45, 2.75) is 133 Å². The van der Waals surface area contributed by atoms with Gasteiger partial charge >= 0.3 is 11.9 Å². The van der Waals surface area contributed by atoms with Gasteiger partial charge in [-0.15, -0.1) is 0 Å². The second-order valence-corrected chi connectivity index (χ2v) is 12.5. The zero-order valence-electron chi connectivity index (χ0n) is 22.8. The normalized spacial score (nSPS) is 13.1. The third-order valence-electron chi connectivity index (χ3n) is 6.28. The fourth-order valence-electron chi connectivity index (χ4n) is 4.00. The number of carbonyl (C=O) groups is 2. The molecule has 0 heterocycles. The summed E-state index contributed by atoms with van der Waals surface area (Å²) in [4.78, 5) is 25.0. The summed E-state index contributed by atoms with van der Waals surface area (Å²) in [5.41, 5.74) is 0. The van der Waals surface area contributed by atoms with Crippen LogP contribution in [0.1, 0.15) is 124 Å². The maximum Gasteiger partial charge on any atom is 0.319 e. The predicted octanol–water partition coefficient (Wildman–Crippen LogP) is 8.20. The Hall–Kier alpha value is -0.140. The first kappa shape index (κ1) is 34.9. The van der Waals surface area contributed by atoms with Gasteiger partial charge in [0.1, 0.15) is 22.9 Å². The van der Waals surface area contributed by atoms with Crippen LogP contribution in [0.5, 0.6) is 0 Å². The number of halogens is 2. The number of alkyl halides is 2. The molecule has 0 aliphatic heterocycles. The highest BCUT2D eigenvalue weighted by Gasteiger charge is 2.13. The van der Waals surface area contributed by atoms with Crippen molar-refractivity contribution in [1.29, 1.82) is 0 Å². The largest absolute Gasteiger partial charge is 0.463 e. The SMILES string of the molecule is CCCCCCCCCCCCCCCCCCN(CCOC(=O)C(C)Br)CCOC(=O)C(C)Br. The van der Waals surface area contributed by atoms with Crippen LogP contribution in [0.3, 0.4) is 0 Å². The number of hydrogen-bond acceptors (Lipinski definition) is 5. The van der Waals surface area contributed by atoms with Crippen LogP contribution in [0.25, 0.3) is 0 Å². The third-order valence-corrected chi connectivity index (χ3v) is 7.03. The summed E-state index contributed by atoms with van der Waals surface area (Å²) in [6, 6.07) is 0. The van der Waals surface area contributed by atoms with Crippen LogP contribution in [0.15, 0.2) is 0 Å². The van der Waals surface area contributed by atoms with E-state index in [1.54, 1.807) is 13.8 Å². The van der Waals surface area contributed by atoms with Gasteiger partial charge < -0.3 is 9.47 Å². The summed E-state index contributed by atoms with van der Waals surface area (Å²) < 4.78 is 10.6. The highest BCUT2D eigenvalue weighted by Crippen LogP contribution is 2.14. The Balaban J connectivity index is 3.79. The Morgan fingerprint density at radius 1 is 0.571 bits per heavy atom. The average Bonchev–Trinajstić information content (AvgIpc) is 2.82. The van der Waals surface area contributed by atoms with Crippen LogP contribution in [0.2, 0.25) is 0 Å². The van der Waals surface area contributed by atoms with Gasteiger partial charge in [-0.25, -0.2) is 0 Å². The Morgan fingerprint density at radius 2 is 0.886 bits per heavy atom.